The second kappa shape index (κ2) is 12.6. The van der Waals surface area contributed by atoms with Crippen LogP contribution in [-0.4, -0.2) is 115 Å². The van der Waals surface area contributed by atoms with Crippen LogP contribution in [0.1, 0.15) is 12.5 Å². The molecule has 0 aromatic carbocycles. The Morgan fingerprint density at radius 2 is 1.76 bits per heavy atom. The maximum Gasteiger partial charge on any atom is 0.472 e. The maximum absolute atomic E-state index is 15.8. The number of alkyl halides is 1. The Labute approximate surface area is 255 Å². The van der Waals surface area contributed by atoms with Crippen LogP contribution in [-0.2, 0) is 32.4 Å². The molecule has 5 unspecified atom stereocenters. The van der Waals surface area contributed by atoms with E-state index in [-0.39, 0.29) is 34.1 Å². The number of H-pyrrole nitrogens is 1. The van der Waals surface area contributed by atoms with Gasteiger partial charge in [-0.05, 0) is 0 Å². The molecule has 0 saturated carbocycles. The van der Waals surface area contributed by atoms with Crippen LogP contribution in [0.4, 0.5) is 16.2 Å². The summed E-state index contributed by atoms with van der Waals surface area (Å²) in [7, 11) is -8.41. The first-order valence-electron chi connectivity index (χ1n) is 13.3. The number of halogens is 1. The fourth-order valence-corrected chi connectivity index (χ4v) is 6.43. The van der Waals surface area contributed by atoms with E-state index in [2.05, 4.69) is 29.9 Å². The van der Waals surface area contributed by atoms with Crippen LogP contribution in [0.3, 0.4) is 0 Å². The molecule has 0 spiro atoms. The van der Waals surface area contributed by atoms with E-state index in [4.69, 9.17) is 34.7 Å². The molecule has 46 heavy (non-hydrogen) atoms. The standard InChI is InChI=1S/C21H27FN10O12P2/c22-9-13(40-6-45(36)37)8(43-19(9)32-5-28-11-17(32)29-21(24)30-18(11)35)2-41-46(38,39)44-14-12(34)7(1-33)42-20(14)31-4-27-10-15(23)25-3-26-16(10)31/h3-5,7-9,12-14,19-20,33-34,45H,1-2,6H2,(H,36,37)(H,38,39)(H2,23,25,26)(H3,24,29,30,35)/t7-,8-,9?,12?,13?,14+,19-,20-/m1/s1. The van der Waals surface area contributed by atoms with Crippen LogP contribution >= 0.6 is 15.9 Å². The molecule has 2 fully saturated rings. The zero-order valence-corrected chi connectivity index (χ0v) is 25.0. The lowest BCUT2D eigenvalue weighted by Gasteiger charge is -2.25. The normalized spacial score (nSPS) is 30.3. The molecule has 6 heterocycles. The number of imidazole rings is 2. The van der Waals surface area contributed by atoms with Crippen LogP contribution in [0, 0.1) is 0 Å². The molecule has 0 aliphatic carbocycles. The minimum absolute atomic E-state index is 0.0219. The van der Waals surface area contributed by atoms with Crippen molar-refractivity contribution < 1.29 is 56.8 Å². The van der Waals surface area contributed by atoms with E-state index in [0.717, 1.165) is 17.2 Å². The van der Waals surface area contributed by atoms with Gasteiger partial charge in [-0.15, -0.1) is 0 Å². The molecule has 6 rings (SSSR count). The molecule has 22 nitrogen and oxygen atoms in total. The fourth-order valence-electron chi connectivity index (χ4n) is 5.16. The van der Waals surface area contributed by atoms with Crippen molar-refractivity contribution in [3.8, 4) is 0 Å². The summed E-state index contributed by atoms with van der Waals surface area (Å²) in [6.07, 6.45) is -10.1. The number of aromatic nitrogens is 8. The smallest absolute Gasteiger partial charge is 0.394 e. The predicted octanol–water partition coefficient (Wildman–Crippen LogP) is -2.08. The number of hydrogen-bond acceptors (Lipinski definition) is 17. The highest BCUT2D eigenvalue weighted by Gasteiger charge is 2.51. The van der Waals surface area contributed by atoms with Gasteiger partial charge in [0.25, 0.3) is 5.56 Å². The zero-order valence-electron chi connectivity index (χ0n) is 23.1. The van der Waals surface area contributed by atoms with Crippen LogP contribution in [0.2, 0.25) is 0 Å². The first kappa shape index (κ1) is 32.5. The molecular formula is C21H27FN10O12P2. The number of fused-ring (bicyclic) bond motifs is 2. The quantitative estimate of drug-likeness (QED) is 0.0829. The van der Waals surface area contributed by atoms with Crippen molar-refractivity contribution in [1.29, 1.82) is 0 Å². The number of rotatable bonds is 11. The topological polar surface area (TPSA) is 320 Å². The molecule has 2 saturated heterocycles. The SMILES string of the molecule is Nc1nc2c(ncn2[C@@H]2O[C@H](COP(=O)(O)O[C@H]3C(O)[C@@H](CO)O[C@H]3n3cnc4c(N)ncnc43)C(OC[PH](=O)O)C2F)c(=O)[nH]1. The van der Waals surface area contributed by atoms with Gasteiger partial charge in [0.05, 0.1) is 25.9 Å². The first-order valence-corrected chi connectivity index (χ1v) is 16.3. The molecule has 0 bridgehead atoms. The van der Waals surface area contributed by atoms with Crippen molar-refractivity contribution in [3.05, 3.63) is 29.3 Å². The summed E-state index contributed by atoms with van der Waals surface area (Å²) in [6, 6.07) is 0. The van der Waals surface area contributed by atoms with Crippen LogP contribution < -0.4 is 17.0 Å². The third kappa shape index (κ3) is 6.02. The van der Waals surface area contributed by atoms with E-state index >= 15 is 4.39 Å². The second-order valence-electron chi connectivity index (χ2n) is 10.1. The third-order valence-electron chi connectivity index (χ3n) is 7.20. The number of ether oxygens (including phenoxy) is 3. The summed E-state index contributed by atoms with van der Waals surface area (Å²) in [5, 5.41) is 20.5. The van der Waals surface area contributed by atoms with Gasteiger partial charge in [-0.1, -0.05) is 0 Å². The Morgan fingerprint density at radius 1 is 1.07 bits per heavy atom. The molecule has 9 N–H and O–H groups in total. The third-order valence-corrected chi connectivity index (χ3v) is 8.60. The highest BCUT2D eigenvalue weighted by molar-refractivity contribution is 7.47. The van der Waals surface area contributed by atoms with Crippen molar-refractivity contribution in [2.75, 3.05) is 31.0 Å². The Hall–Kier alpha value is -3.47. The number of aliphatic hydroxyl groups excluding tert-OH is 2. The number of nitrogen functional groups attached to an aromatic ring is 2. The molecular weight excluding hydrogens is 665 g/mol. The van der Waals surface area contributed by atoms with Crippen LogP contribution in [0.25, 0.3) is 22.3 Å². The fraction of sp³-hybridized carbons (Fsp3) is 0.524. The number of nitrogens with one attached hydrogen (secondary N) is 1. The molecule has 2 aliphatic heterocycles. The van der Waals surface area contributed by atoms with E-state index < -0.39 is 90.1 Å². The predicted molar refractivity (Wildman–Crippen MR) is 150 cm³/mol. The van der Waals surface area contributed by atoms with Gasteiger partial charge >= 0.3 is 7.82 Å². The maximum atomic E-state index is 15.8. The van der Waals surface area contributed by atoms with Gasteiger partial charge < -0.3 is 45.7 Å². The van der Waals surface area contributed by atoms with Gasteiger partial charge in [0.15, 0.2) is 41.3 Å². The summed E-state index contributed by atoms with van der Waals surface area (Å²) in [5.74, 6) is -0.273. The van der Waals surface area contributed by atoms with E-state index in [1.807, 2.05) is 0 Å². The molecule has 250 valence electrons. The minimum atomic E-state index is -5.16. The summed E-state index contributed by atoms with van der Waals surface area (Å²) in [6.45, 7) is -1.57. The highest BCUT2D eigenvalue weighted by Crippen LogP contribution is 2.50. The summed E-state index contributed by atoms with van der Waals surface area (Å²) in [4.78, 5) is 54.2. The average Bonchev–Trinajstić information content (AvgIpc) is 3.76. The van der Waals surface area contributed by atoms with E-state index in [1.165, 1.54) is 10.9 Å². The van der Waals surface area contributed by atoms with Gasteiger partial charge in [-0.2, -0.15) is 4.98 Å². The van der Waals surface area contributed by atoms with Crippen LogP contribution in [0.5, 0.6) is 0 Å². The molecule has 2 aliphatic rings. The lowest BCUT2D eigenvalue weighted by atomic mass is 10.1. The van der Waals surface area contributed by atoms with Crippen molar-refractivity contribution in [3.63, 3.8) is 0 Å². The van der Waals surface area contributed by atoms with E-state index in [0.29, 0.717) is 0 Å². The molecule has 4 aromatic rings. The summed E-state index contributed by atoms with van der Waals surface area (Å²) >= 11 is 0. The van der Waals surface area contributed by atoms with Crippen LogP contribution in [0.15, 0.2) is 23.8 Å². The Bertz CT molecular complexity index is 1880. The molecule has 10 atom stereocenters. The largest absolute Gasteiger partial charge is 0.472 e. The Balaban J connectivity index is 1.22. The zero-order chi connectivity index (χ0) is 32.9. The number of nitrogens with two attached hydrogens (primary N) is 2. The van der Waals surface area contributed by atoms with Crippen molar-refractivity contribution in [1.82, 2.24) is 39.0 Å². The van der Waals surface area contributed by atoms with E-state index in [9.17, 15) is 33.9 Å². The number of nitrogens with zero attached hydrogens (tertiary/aromatic N) is 7. The molecule has 4 aromatic heterocycles. The van der Waals surface area contributed by atoms with Gasteiger partial charge in [-0.25, -0.2) is 28.9 Å². The van der Waals surface area contributed by atoms with Crippen molar-refractivity contribution in [2.24, 2.45) is 0 Å². The van der Waals surface area contributed by atoms with Gasteiger partial charge in [-0.3, -0.25) is 32.5 Å². The van der Waals surface area contributed by atoms with Crippen molar-refractivity contribution in [2.45, 2.75) is 49.1 Å². The number of aromatic amines is 1. The van der Waals surface area contributed by atoms with Gasteiger partial charge in [0.1, 0.15) is 48.7 Å². The van der Waals surface area contributed by atoms with Gasteiger partial charge in [0.2, 0.25) is 14.0 Å². The summed E-state index contributed by atoms with van der Waals surface area (Å²) in [5.41, 5.74) is 10.7. The number of anilines is 2. The lowest BCUT2D eigenvalue weighted by Crippen LogP contribution is -2.36. The lowest BCUT2D eigenvalue weighted by molar-refractivity contribution is -0.0647. The highest BCUT2D eigenvalue weighted by atomic mass is 31.2. The van der Waals surface area contributed by atoms with Crippen molar-refractivity contribution >= 4 is 49.9 Å². The number of aliphatic hydroxyl groups is 2. The molecule has 25 heteroatoms. The molecule has 0 amide bonds. The monoisotopic (exact) mass is 692 g/mol. The molecule has 0 radical (unpaired) electrons. The second-order valence-corrected chi connectivity index (χ2v) is 12.6. The first-order chi connectivity index (χ1) is 21.9. The minimum Gasteiger partial charge on any atom is -0.394 e. The number of phosphoric acid groups is 1. The van der Waals surface area contributed by atoms with E-state index in [1.54, 1.807) is 0 Å². The van der Waals surface area contributed by atoms with Gasteiger partial charge in [0, 0.05) is 0 Å². The number of phosphoric ester groups is 1. The number of hydrogen-bond donors (Lipinski definition) is 7. The Kier molecular flexibility index (Phi) is 8.91. The Morgan fingerprint density at radius 3 is 2.48 bits per heavy atom. The summed E-state index contributed by atoms with van der Waals surface area (Å²) < 4.78 is 69.6. The average molecular weight is 692 g/mol.